The molecule has 0 aliphatic heterocycles. The molecule has 1 unspecified atom stereocenters. The number of carbonyl (C=O) groups excluding carboxylic acids is 3. The van der Waals surface area contributed by atoms with E-state index in [-0.39, 0.29) is 17.1 Å². The van der Waals surface area contributed by atoms with Gasteiger partial charge in [0.25, 0.3) is 17.7 Å². The predicted octanol–water partition coefficient (Wildman–Crippen LogP) is 4.37. The molecule has 0 saturated heterocycles. The van der Waals surface area contributed by atoms with E-state index in [1.165, 1.54) is 0 Å². The highest BCUT2D eigenvalue weighted by molar-refractivity contribution is 7.80. The van der Waals surface area contributed by atoms with E-state index in [1.807, 2.05) is 32.9 Å². The van der Waals surface area contributed by atoms with Crippen molar-refractivity contribution in [1.29, 1.82) is 0 Å². The second-order valence-corrected chi connectivity index (χ2v) is 8.48. The molecule has 0 saturated carbocycles. The summed E-state index contributed by atoms with van der Waals surface area (Å²) in [6.07, 6.45) is 0.870. The molecule has 8 nitrogen and oxygen atoms in total. The van der Waals surface area contributed by atoms with Gasteiger partial charge in [-0.1, -0.05) is 31.2 Å². The average molecular weight is 505 g/mol. The Morgan fingerprint density at radius 1 is 0.861 bits per heavy atom. The van der Waals surface area contributed by atoms with Gasteiger partial charge in [0.2, 0.25) is 0 Å². The Labute approximate surface area is 215 Å². The minimum absolute atomic E-state index is 0.0275. The van der Waals surface area contributed by atoms with Crippen molar-refractivity contribution in [1.82, 2.24) is 16.2 Å². The van der Waals surface area contributed by atoms with E-state index in [4.69, 9.17) is 17.0 Å². The Morgan fingerprint density at radius 3 is 2.28 bits per heavy atom. The third-order valence-electron chi connectivity index (χ3n) is 5.32. The number of hydrazine groups is 1. The van der Waals surface area contributed by atoms with Gasteiger partial charge in [0.05, 0.1) is 6.10 Å². The molecule has 0 bridgehead atoms. The number of thiocarbonyl (C=S) groups is 1. The molecule has 4 N–H and O–H groups in total. The lowest BCUT2D eigenvalue weighted by atomic mass is 10.1. The van der Waals surface area contributed by atoms with Crippen molar-refractivity contribution in [2.24, 2.45) is 0 Å². The number of anilines is 1. The number of nitrogens with one attached hydrogen (secondary N) is 4. The summed E-state index contributed by atoms with van der Waals surface area (Å²) in [7, 11) is 0. The molecular formula is C27H28N4O4S. The van der Waals surface area contributed by atoms with Crippen LogP contribution in [0.4, 0.5) is 5.69 Å². The highest BCUT2D eigenvalue weighted by Crippen LogP contribution is 2.16. The summed E-state index contributed by atoms with van der Waals surface area (Å²) < 4.78 is 5.74. The van der Waals surface area contributed by atoms with Crippen molar-refractivity contribution in [3.8, 4) is 5.75 Å². The van der Waals surface area contributed by atoms with Crippen molar-refractivity contribution >= 4 is 40.7 Å². The molecular weight excluding hydrogens is 476 g/mol. The first kappa shape index (κ1) is 26.4. The first-order valence-corrected chi connectivity index (χ1v) is 11.8. The quantitative estimate of drug-likeness (QED) is 0.281. The third-order valence-corrected chi connectivity index (χ3v) is 5.52. The number of hydrogen-bond acceptors (Lipinski definition) is 5. The van der Waals surface area contributed by atoms with Crippen molar-refractivity contribution in [2.75, 3.05) is 5.32 Å². The summed E-state index contributed by atoms with van der Waals surface area (Å²) in [6, 6.07) is 20.4. The largest absolute Gasteiger partial charge is 0.491 e. The van der Waals surface area contributed by atoms with Crippen LogP contribution < -0.4 is 26.2 Å². The summed E-state index contributed by atoms with van der Waals surface area (Å²) in [5.74, 6) is -0.551. The van der Waals surface area contributed by atoms with Crippen LogP contribution in [0.1, 0.15) is 56.9 Å². The van der Waals surface area contributed by atoms with Crippen molar-refractivity contribution < 1.29 is 19.1 Å². The second-order valence-electron chi connectivity index (χ2n) is 8.07. The number of hydrogen-bond donors (Lipinski definition) is 4. The van der Waals surface area contributed by atoms with Gasteiger partial charge < -0.3 is 10.1 Å². The van der Waals surface area contributed by atoms with Gasteiger partial charge in [-0.05, 0) is 86.6 Å². The molecule has 0 heterocycles. The molecule has 3 amide bonds. The zero-order valence-electron chi connectivity index (χ0n) is 20.3. The maximum atomic E-state index is 12.5. The molecule has 0 radical (unpaired) electrons. The van der Waals surface area contributed by atoms with Crippen molar-refractivity contribution in [3.05, 3.63) is 95.1 Å². The maximum Gasteiger partial charge on any atom is 0.269 e. The van der Waals surface area contributed by atoms with Gasteiger partial charge in [-0.3, -0.25) is 30.6 Å². The van der Waals surface area contributed by atoms with Crippen LogP contribution in [-0.4, -0.2) is 28.9 Å². The molecule has 36 heavy (non-hydrogen) atoms. The van der Waals surface area contributed by atoms with E-state index in [0.717, 1.165) is 12.0 Å². The normalized spacial score (nSPS) is 11.1. The molecule has 1 atom stereocenters. The van der Waals surface area contributed by atoms with Gasteiger partial charge in [-0.25, -0.2) is 0 Å². The fraction of sp³-hybridized carbons (Fsp3) is 0.185. The monoisotopic (exact) mass is 504 g/mol. The maximum absolute atomic E-state index is 12.5. The molecule has 0 aliphatic rings. The number of rotatable bonds is 7. The van der Waals surface area contributed by atoms with Crippen LogP contribution in [0.15, 0.2) is 72.8 Å². The Hall–Kier alpha value is -4.24. The number of amides is 3. The van der Waals surface area contributed by atoms with Crippen LogP contribution in [-0.2, 0) is 0 Å². The van der Waals surface area contributed by atoms with Gasteiger partial charge >= 0.3 is 0 Å². The summed E-state index contributed by atoms with van der Waals surface area (Å²) >= 11 is 5.11. The first-order valence-electron chi connectivity index (χ1n) is 11.4. The zero-order valence-corrected chi connectivity index (χ0v) is 21.1. The van der Waals surface area contributed by atoms with E-state index in [2.05, 4.69) is 21.5 Å². The molecule has 0 aromatic heterocycles. The Balaban J connectivity index is 1.49. The van der Waals surface area contributed by atoms with E-state index in [9.17, 15) is 14.4 Å². The molecule has 3 aromatic rings. The van der Waals surface area contributed by atoms with Crippen LogP contribution in [0.25, 0.3) is 0 Å². The number of ether oxygens (including phenoxy) is 1. The predicted molar refractivity (Wildman–Crippen MR) is 143 cm³/mol. The third kappa shape index (κ3) is 7.38. The van der Waals surface area contributed by atoms with E-state index in [1.54, 1.807) is 60.7 Å². The minimum Gasteiger partial charge on any atom is -0.491 e. The number of aryl methyl sites for hydroxylation is 1. The smallest absolute Gasteiger partial charge is 0.269 e. The van der Waals surface area contributed by atoms with Crippen molar-refractivity contribution in [3.63, 3.8) is 0 Å². The summed E-state index contributed by atoms with van der Waals surface area (Å²) in [5.41, 5.74) is 7.65. The topological polar surface area (TPSA) is 109 Å². The van der Waals surface area contributed by atoms with Crippen LogP contribution in [0.2, 0.25) is 0 Å². The van der Waals surface area contributed by atoms with Crippen LogP contribution in [0.3, 0.4) is 0 Å². The van der Waals surface area contributed by atoms with Gasteiger partial charge in [-0.15, -0.1) is 0 Å². The Kier molecular flexibility index (Phi) is 9.13. The minimum atomic E-state index is -0.465. The Bertz CT molecular complexity index is 1260. The standard InChI is InChI=1S/C27H28N4O4S/c1-4-18(3)35-22-10-7-9-20(16-22)24(32)29-27(36)31-30-25(33)19-12-14-21(15-13-19)28-26(34)23-11-6-5-8-17(23)2/h5-16,18H,4H2,1-3H3,(H,28,34)(H,30,33)(H2,29,31,32,36). The lowest BCUT2D eigenvalue weighted by Crippen LogP contribution is -2.48. The van der Waals surface area contributed by atoms with E-state index in [0.29, 0.717) is 28.1 Å². The van der Waals surface area contributed by atoms with E-state index >= 15 is 0 Å². The second kappa shape index (κ2) is 12.5. The van der Waals surface area contributed by atoms with Gasteiger partial charge in [0, 0.05) is 22.4 Å². The van der Waals surface area contributed by atoms with Crippen molar-refractivity contribution in [2.45, 2.75) is 33.3 Å². The number of carbonyl (C=O) groups is 3. The SMILES string of the molecule is CCC(C)Oc1cccc(C(=O)NC(=S)NNC(=O)c2ccc(NC(=O)c3ccccc3C)cc2)c1. The fourth-order valence-corrected chi connectivity index (χ4v) is 3.29. The Morgan fingerprint density at radius 2 is 1.58 bits per heavy atom. The van der Waals surface area contributed by atoms with Gasteiger partial charge in [-0.2, -0.15) is 0 Å². The molecule has 0 fully saturated rings. The molecule has 3 aromatic carbocycles. The molecule has 9 heteroatoms. The lowest BCUT2D eigenvalue weighted by molar-refractivity contribution is 0.0934. The lowest BCUT2D eigenvalue weighted by Gasteiger charge is -2.14. The number of benzene rings is 3. The molecule has 3 rings (SSSR count). The van der Waals surface area contributed by atoms with Gasteiger partial charge in [0.15, 0.2) is 5.11 Å². The van der Waals surface area contributed by atoms with Crippen LogP contribution >= 0.6 is 12.2 Å². The zero-order chi connectivity index (χ0) is 26.1. The molecule has 186 valence electrons. The van der Waals surface area contributed by atoms with Gasteiger partial charge in [0.1, 0.15) is 5.75 Å². The highest BCUT2D eigenvalue weighted by Gasteiger charge is 2.12. The summed E-state index contributed by atoms with van der Waals surface area (Å²) in [4.78, 5) is 37.4. The van der Waals surface area contributed by atoms with E-state index < -0.39 is 11.8 Å². The average Bonchev–Trinajstić information content (AvgIpc) is 2.88. The highest BCUT2D eigenvalue weighted by atomic mass is 32.1. The van der Waals surface area contributed by atoms with Crippen LogP contribution in [0.5, 0.6) is 5.75 Å². The first-order chi connectivity index (χ1) is 17.3. The molecule has 0 spiro atoms. The summed E-state index contributed by atoms with van der Waals surface area (Å²) in [6.45, 7) is 5.82. The van der Waals surface area contributed by atoms with Crippen LogP contribution in [0, 0.1) is 6.92 Å². The fourth-order valence-electron chi connectivity index (χ4n) is 3.15. The summed E-state index contributed by atoms with van der Waals surface area (Å²) in [5, 5.41) is 5.25. The molecule has 0 aliphatic carbocycles.